The predicted molar refractivity (Wildman–Crippen MR) is 50.1 cm³/mol. The Morgan fingerprint density at radius 3 is 2.80 bits per heavy atom. The highest BCUT2D eigenvalue weighted by Crippen LogP contribution is 2.27. The molecule has 0 saturated heterocycles. The van der Waals surface area contributed by atoms with Crippen molar-refractivity contribution in [1.82, 2.24) is 0 Å². The molecule has 0 spiro atoms. The minimum absolute atomic E-state index is 0.0804. The fourth-order valence-electron chi connectivity index (χ4n) is 0.837. The van der Waals surface area contributed by atoms with Crippen molar-refractivity contribution in [2.45, 2.75) is 11.8 Å². The van der Waals surface area contributed by atoms with E-state index in [1.165, 1.54) is 0 Å². The third-order valence-corrected chi connectivity index (χ3v) is 2.85. The Labute approximate surface area is 79.0 Å². The lowest BCUT2D eigenvalue weighted by molar-refractivity contribution is 0.972. The number of alkyl halides is 2. The molecule has 0 bridgehead atoms. The van der Waals surface area contributed by atoms with Crippen molar-refractivity contribution in [3.8, 4) is 0 Å². The molecule has 0 nitrogen and oxygen atoms in total. The molecule has 56 valence electrons. The van der Waals surface area contributed by atoms with Crippen LogP contribution in [0.3, 0.4) is 0 Å². The zero-order valence-electron chi connectivity index (χ0n) is 5.28. The second-order valence-electron chi connectivity index (χ2n) is 2.11. The van der Waals surface area contributed by atoms with Gasteiger partial charge in [0, 0.05) is 10.4 Å². The van der Waals surface area contributed by atoms with Crippen LogP contribution in [0.15, 0.2) is 22.8 Å². The number of rotatable bonds is 1. The quantitative estimate of drug-likeness (QED) is 0.617. The highest BCUT2D eigenvalue weighted by Gasteiger charge is 2.14. The van der Waals surface area contributed by atoms with Gasteiger partial charge in [0.2, 0.25) is 0 Å². The molecule has 0 aliphatic heterocycles. The maximum atomic E-state index is 5.95. The van der Waals surface area contributed by atoms with Crippen LogP contribution in [0.25, 0.3) is 0 Å². The zero-order chi connectivity index (χ0) is 7.56. The third kappa shape index (κ3) is 1.77. The largest absolute Gasteiger partial charge is 0.118 e. The second kappa shape index (κ2) is 3.80. The molecule has 0 radical (unpaired) electrons. The van der Waals surface area contributed by atoms with E-state index in [9.17, 15) is 0 Å². The lowest BCUT2D eigenvalue weighted by Gasteiger charge is -2.14. The number of hydrogen-bond donors (Lipinski definition) is 0. The summed E-state index contributed by atoms with van der Waals surface area (Å²) in [6, 6.07) is 0. The van der Waals surface area contributed by atoms with Crippen LogP contribution in [0, 0.1) is 0 Å². The summed E-state index contributed by atoms with van der Waals surface area (Å²) >= 11 is 15.1. The minimum Gasteiger partial charge on any atom is -0.118 e. The van der Waals surface area contributed by atoms with Crippen LogP contribution in [-0.4, -0.2) is 10.7 Å². The maximum absolute atomic E-state index is 5.95. The van der Waals surface area contributed by atoms with Gasteiger partial charge in [-0.25, -0.2) is 0 Å². The van der Waals surface area contributed by atoms with E-state index >= 15 is 0 Å². The van der Waals surface area contributed by atoms with Crippen LogP contribution in [0.1, 0.15) is 6.42 Å². The Morgan fingerprint density at radius 2 is 2.40 bits per heavy atom. The Bertz CT molecular complexity index is 184. The Hall–Kier alpha value is 0.540. The molecule has 0 saturated carbocycles. The van der Waals surface area contributed by atoms with E-state index in [0.717, 1.165) is 22.4 Å². The van der Waals surface area contributed by atoms with Gasteiger partial charge in [0.1, 0.15) is 0 Å². The van der Waals surface area contributed by atoms with Crippen LogP contribution < -0.4 is 0 Å². The normalized spacial score (nSPS) is 25.7. The van der Waals surface area contributed by atoms with Crippen molar-refractivity contribution >= 4 is 39.1 Å². The Balaban J connectivity index is 2.83. The first kappa shape index (κ1) is 8.63. The van der Waals surface area contributed by atoms with Crippen LogP contribution in [0.5, 0.6) is 0 Å². The molecule has 1 atom stereocenters. The second-order valence-corrected chi connectivity index (χ2v) is 3.61. The van der Waals surface area contributed by atoms with E-state index < -0.39 is 0 Å². The minimum atomic E-state index is 0.0804. The average Bonchev–Trinajstić information content (AvgIpc) is 1.88. The molecule has 0 aromatic rings. The monoisotopic (exact) mass is 240 g/mol. The molecule has 1 aliphatic rings. The molecule has 1 rings (SSSR count). The molecule has 0 fully saturated rings. The highest BCUT2D eigenvalue weighted by atomic mass is 79.9. The van der Waals surface area contributed by atoms with E-state index in [4.69, 9.17) is 23.2 Å². The molecule has 3 heteroatoms. The summed E-state index contributed by atoms with van der Waals surface area (Å²) < 4.78 is 0. The van der Waals surface area contributed by atoms with Crippen molar-refractivity contribution < 1.29 is 0 Å². The molecule has 1 aliphatic carbocycles. The molecule has 1 unspecified atom stereocenters. The van der Waals surface area contributed by atoms with E-state index in [1.54, 1.807) is 0 Å². The molecular weight excluding hydrogens is 235 g/mol. The smallest absolute Gasteiger partial charge is 0.0605 e. The molecule has 0 amide bonds. The zero-order valence-corrected chi connectivity index (χ0v) is 8.38. The summed E-state index contributed by atoms with van der Waals surface area (Å²) in [5.41, 5.74) is 1.09. The number of halogens is 3. The van der Waals surface area contributed by atoms with Gasteiger partial charge < -0.3 is 0 Å². The van der Waals surface area contributed by atoms with E-state index in [-0.39, 0.29) is 5.38 Å². The van der Waals surface area contributed by atoms with Gasteiger partial charge in [-0.2, -0.15) is 0 Å². The highest BCUT2D eigenvalue weighted by molar-refractivity contribution is 9.09. The van der Waals surface area contributed by atoms with E-state index in [0.29, 0.717) is 0 Å². The molecule has 10 heavy (non-hydrogen) atoms. The standard InChI is InChI=1S/C7H7BrCl2/c8-4-5-6(9)2-1-3-7(5)10/h1-2,7H,3-4H2. The summed E-state index contributed by atoms with van der Waals surface area (Å²) in [4.78, 5) is 0. The first-order chi connectivity index (χ1) is 4.75. The lowest BCUT2D eigenvalue weighted by Crippen LogP contribution is -2.07. The van der Waals surface area contributed by atoms with Crippen LogP contribution in [-0.2, 0) is 0 Å². The topological polar surface area (TPSA) is 0 Å². The first-order valence-corrected chi connectivity index (χ1v) is 4.94. The molecular formula is C7H7BrCl2. The molecule has 0 aromatic carbocycles. The predicted octanol–water partition coefficient (Wildman–Crippen LogP) is 3.44. The molecule has 0 heterocycles. The fourth-order valence-corrected chi connectivity index (χ4v) is 2.52. The van der Waals surface area contributed by atoms with Gasteiger partial charge in [0.25, 0.3) is 0 Å². The van der Waals surface area contributed by atoms with Gasteiger partial charge in [0.05, 0.1) is 5.38 Å². The fraction of sp³-hybridized carbons (Fsp3) is 0.429. The van der Waals surface area contributed by atoms with Gasteiger partial charge in [-0.05, 0) is 18.1 Å². The SMILES string of the molecule is ClC1=C(CBr)C(Cl)CC=C1. The van der Waals surface area contributed by atoms with Gasteiger partial charge >= 0.3 is 0 Å². The summed E-state index contributed by atoms with van der Waals surface area (Å²) in [7, 11) is 0. The van der Waals surface area contributed by atoms with Crippen molar-refractivity contribution in [2.75, 3.05) is 5.33 Å². The summed E-state index contributed by atoms with van der Waals surface area (Å²) in [5.74, 6) is 0. The van der Waals surface area contributed by atoms with Crippen LogP contribution >= 0.6 is 39.1 Å². The summed E-state index contributed by atoms with van der Waals surface area (Å²) in [5, 5.41) is 1.63. The van der Waals surface area contributed by atoms with Crippen molar-refractivity contribution in [3.05, 3.63) is 22.8 Å². The lowest BCUT2D eigenvalue weighted by atomic mass is 10.1. The van der Waals surface area contributed by atoms with Gasteiger partial charge in [-0.3, -0.25) is 0 Å². The molecule has 0 N–H and O–H groups in total. The molecule has 0 aromatic heterocycles. The van der Waals surface area contributed by atoms with E-state index in [2.05, 4.69) is 15.9 Å². The third-order valence-electron chi connectivity index (χ3n) is 1.44. The number of hydrogen-bond acceptors (Lipinski definition) is 0. The van der Waals surface area contributed by atoms with Crippen molar-refractivity contribution in [2.24, 2.45) is 0 Å². The van der Waals surface area contributed by atoms with Crippen LogP contribution in [0.2, 0.25) is 0 Å². The summed E-state index contributed by atoms with van der Waals surface area (Å²) in [6.07, 6.45) is 4.78. The maximum Gasteiger partial charge on any atom is 0.0605 e. The van der Waals surface area contributed by atoms with Gasteiger partial charge in [-0.15, -0.1) is 11.6 Å². The number of allylic oxidation sites excluding steroid dienone is 4. The first-order valence-electron chi connectivity index (χ1n) is 3.01. The van der Waals surface area contributed by atoms with Crippen molar-refractivity contribution in [3.63, 3.8) is 0 Å². The van der Waals surface area contributed by atoms with Gasteiger partial charge in [-0.1, -0.05) is 33.6 Å². The summed E-state index contributed by atoms with van der Waals surface area (Å²) in [6.45, 7) is 0. The average molecular weight is 242 g/mol. The van der Waals surface area contributed by atoms with Crippen molar-refractivity contribution in [1.29, 1.82) is 0 Å². The Kier molecular flexibility index (Phi) is 3.28. The Morgan fingerprint density at radius 1 is 1.70 bits per heavy atom. The van der Waals surface area contributed by atoms with Gasteiger partial charge in [0.15, 0.2) is 0 Å². The van der Waals surface area contributed by atoms with E-state index in [1.807, 2.05) is 12.2 Å². The van der Waals surface area contributed by atoms with Crippen LogP contribution in [0.4, 0.5) is 0 Å².